The first-order chi connectivity index (χ1) is 20.6. The summed E-state index contributed by atoms with van der Waals surface area (Å²) in [4.78, 5) is 13.9. The number of hydrogen-bond acceptors (Lipinski definition) is 4. The summed E-state index contributed by atoms with van der Waals surface area (Å²) in [5.74, 6) is -1.96. The molecule has 0 spiro atoms. The van der Waals surface area contributed by atoms with Crippen LogP contribution in [0.25, 0.3) is 5.69 Å². The maximum absolute atomic E-state index is 15.4. The minimum atomic E-state index is -0.586. The second-order valence-electron chi connectivity index (χ2n) is 11.2. The maximum atomic E-state index is 15.4. The van der Waals surface area contributed by atoms with E-state index in [1.54, 1.807) is 17.0 Å². The molecule has 3 aliphatic rings. The maximum Gasteiger partial charge on any atom is 0.280 e. The molecule has 1 amide bonds. The van der Waals surface area contributed by atoms with Gasteiger partial charge in [0, 0.05) is 42.0 Å². The molecule has 1 atom stereocenters. The van der Waals surface area contributed by atoms with Crippen LogP contribution in [-0.4, -0.2) is 27.4 Å². The van der Waals surface area contributed by atoms with Crippen molar-refractivity contribution in [3.63, 3.8) is 0 Å². The number of amides is 1. The van der Waals surface area contributed by atoms with Crippen molar-refractivity contribution in [3.05, 3.63) is 125 Å². The molecule has 1 unspecified atom stereocenters. The van der Waals surface area contributed by atoms with Crippen LogP contribution < -0.4 is 10.3 Å². The number of anilines is 1. The Bertz CT molecular complexity index is 1690. The molecule has 0 saturated heterocycles. The number of benzene rings is 3. The molecular formula is C34H31F2N5O. The molecule has 2 heterocycles. The number of hydrazone groups is 1. The second kappa shape index (κ2) is 11.1. The van der Waals surface area contributed by atoms with Crippen LogP contribution in [-0.2, 0) is 17.8 Å². The van der Waals surface area contributed by atoms with Gasteiger partial charge in [0.1, 0.15) is 17.3 Å². The molecule has 0 bridgehead atoms. The Morgan fingerprint density at radius 3 is 2.48 bits per heavy atom. The highest BCUT2D eigenvalue weighted by Crippen LogP contribution is 2.40. The zero-order valence-corrected chi connectivity index (χ0v) is 23.1. The fourth-order valence-corrected chi connectivity index (χ4v) is 6.42. The molecule has 1 aliphatic heterocycles. The van der Waals surface area contributed by atoms with Crippen molar-refractivity contribution in [3.8, 4) is 5.69 Å². The lowest BCUT2D eigenvalue weighted by atomic mass is 9.79. The summed E-state index contributed by atoms with van der Waals surface area (Å²) in [6, 6.07) is 20.0. The first-order valence-electron chi connectivity index (χ1n) is 14.6. The Kier molecular flexibility index (Phi) is 6.99. The number of hydrogen-bond donors (Lipinski definition) is 1. The highest BCUT2D eigenvalue weighted by Gasteiger charge is 2.40. The van der Waals surface area contributed by atoms with Crippen molar-refractivity contribution >= 4 is 17.3 Å². The number of carbonyl (C=O) groups is 1. The first-order valence-corrected chi connectivity index (χ1v) is 14.6. The van der Waals surface area contributed by atoms with Crippen LogP contribution in [0.2, 0.25) is 0 Å². The molecule has 3 aromatic carbocycles. The molecule has 1 aromatic heterocycles. The van der Waals surface area contributed by atoms with Gasteiger partial charge in [-0.2, -0.15) is 15.2 Å². The van der Waals surface area contributed by atoms with Crippen molar-refractivity contribution in [2.24, 2.45) is 5.10 Å². The summed E-state index contributed by atoms with van der Waals surface area (Å²) in [6.45, 7) is 0.602. The van der Waals surface area contributed by atoms with Gasteiger partial charge < -0.3 is 5.32 Å². The quantitative estimate of drug-likeness (QED) is 0.276. The number of nitrogens with zero attached hydrogens (tertiary/aromatic N) is 4. The van der Waals surface area contributed by atoms with Crippen LogP contribution in [0.5, 0.6) is 0 Å². The molecule has 0 radical (unpaired) electrons. The van der Waals surface area contributed by atoms with E-state index >= 15 is 8.78 Å². The lowest BCUT2D eigenvalue weighted by Crippen LogP contribution is -2.31. The molecule has 1 saturated carbocycles. The van der Waals surface area contributed by atoms with Crippen LogP contribution >= 0.6 is 0 Å². The largest absolute Gasteiger partial charge is 0.310 e. The third-order valence-corrected chi connectivity index (χ3v) is 8.56. The summed E-state index contributed by atoms with van der Waals surface area (Å²) in [5.41, 5.74) is 4.22. The third kappa shape index (κ3) is 4.86. The van der Waals surface area contributed by atoms with Gasteiger partial charge in [-0.1, -0.05) is 55.7 Å². The van der Waals surface area contributed by atoms with Crippen LogP contribution in [0.4, 0.5) is 14.5 Å². The highest BCUT2D eigenvalue weighted by molar-refractivity contribution is 6.36. The minimum absolute atomic E-state index is 0.0688. The molecule has 212 valence electrons. The highest BCUT2D eigenvalue weighted by atomic mass is 19.1. The lowest BCUT2D eigenvalue weighted by Gasteiger charge is -2.24. The SMILES string of the molecule is O=C1C2=CC(Cc3ccc(-n4cccn4)cc3)c3c(F)ccc(F)c3C2=NN1c1ccccc1CNC1CCCCC1. The van der Waals surface area contributed by atoms with Gasteiger partial charge in [-0.3, -0.25) is 4.79 Å². The topological polar surface area (TPSA) is 62.5 Å². The van der Waals surface area contributed by atoms with Gasteiger partial charge in [-0.25, -0.2) is 13.5 Å². The summed E-state index contributed by atoms with van der Waals surface area (Å²) < 4.78 is 32.6. The van der Waals surface area contributed by atoms with Crippen molar-refractivity contribution in [1.29, 1.82) is 0 Å². The predicted octanol–water partition coefficient (Wildman–Crippen LogP) is 6.59. The van der Waals surface area contributed by atoms with E-state index in [0.717, 1.165) is 41.8 Å². The second-order valence-corrected chi connectivity index (χ2v) is 11.2. The smallest absolute Gasteiger partial charge is 0.280 e. The van der Waals surface area contributed by atoms with Gasteiger partial charge in [-0.15, -0.1) is 0 Å². The number of rotatable bonds is 7. The van der Waals surface area contributed by atoms with Crippen LogP contribution in [0.15, 0.2) is 95.9 Å². The predicted molar refractivity (Wildman–Crippen MR) is 159 cm³/mol. The van der Waals surface area contributed by atoms with E-state index in [2.05, 4.69) is 15.5 Å². The molecular weight excluding hydrogens is 532 g/mol. The van der Waals surface area contributed by atoms with E-state index < -0.39 is 17.6 Å². The molecule has 7 rings (SSSR count). The van der Waals surface area contributed by atoms with Crippen molar-refractivity contribution in [1.82, 2.24) is 15.1 Å². The zero-order chi connectivity index (χ0) is 28.6. The Labute approximate surface area is 243 Å². The minimum Gasteiger partial charge on any atom is -0.310 e. The number of para-hydroxylation sites is 1. The Hall–Kier alpha value is -4.43. The molecule has 2 aliphatic carbocycles. The fourth-order valence-electron chi connectivity index (χ4n) is 6.42. The first kappa shape index (κ1) is 26.5. The molecule has 1 fully saturated rings. The number of aromatic nitrogens is 2. The van der Waals surface area contributed by atoms with Crippen molar-refractivity contribution in [2.45, 2.75) is 57.0 Å². The van der Waals surface area contributed by atoms with E-state index in [9.17, 15) is 4.79 Å². The summed E-state index contributed by atoms with van der Waals surface area (Å²) >= 11 is 0. The summed E-state index contributed by atoms with van der Waals surface area (Å²) in [6.07, 6.45) is 11.8. The van der Waals surface area contributed by atoms with E-state index in [1.165, 1.54) is 24.3 Å². The Balaban J connectivity index is 1.21. The van der Waals surface area contributed by atoms with Crippen molar-refractivity contribution in [2.75, 3.05) is 5.01 Å². The van der Waals surface area contributed by atoms with Gasteiger partial charge >= 0.3 is 0 Å². The van der Waals surface area contributed by atoms with Gasteiger partial charge in [-0.05, 0) is 66.8 Å². The summed E-state index contributed by atoms with van der Waals surface area (Å²) in [7, 11) is 0. The average Bonchev–Trinajstić information content (AvgIpc) is 3.67. The van der Waals surface area contributed by atoms with Crippen LogP contribution in [0.1, 0.15) is 60.3 Å². The van der Waals surface area contributed by atoms with Crippen LogP contribution in [0.3, 0.4) is 0 Å². The monoisotopic (exact) mass is 563 g/mol. The molecule has 42 heavy (non-hydrogen) atoms. The number of carbonyl (C=O) groups excluding carboxylic acids is 1. The Morgan fingerprint density at radius 1 is 0.905 bits per heavy atom. The van der Waals surface area contributed by atoms with E-state index in [4.69, 9.17) is 0 Å². The zero-order valence-electron chi connectivity index (χ0n) is 23.1. The van der Waals surface area contributed by atoms with Crippen molar-refractivity contribution < 1.29 is 13.6 Å². The molecule has 6 nitrogen and oxygen atoms in total. The van der Waals surface area contributed by atoms with Crippen LogP contribution in [0, 0.1) is 11.6 Å². The number of fused-ring (bicyclic) bond motifs is 3. The molecule has 8 heteroatoms. The Morgan fingerprint density at radius 2 is 1.69 bits per heavy atom. The molecule has 1 N–H and O–H groups in total. The normalized spacial score (nSPS) is 18.5. The number of nitrogens with one attached hydrogen (secondary N) is 1. The van der Waals surface area contributed by atoms with E-state index in [0.29, 0.717) is 30.3 Å². The standard InChI is InChI=1S/C34H31F2N5O/c35-28-15-16-29(36)32-31(28)24(19-22-11-13-26(14-12-22)40-18-6-17-38-40)20-27-33(32)39-41(34(27)42)30-10-5-4-7-23(30)21-37-25-8-2-1-3-9-25/h4-7,10-18,20,24-25,37H,1-3,8-9,19,21H2. The molecule has 4 aromatic rings. The van der Waals surface area contributed by atoms with E-state index in [1.807, 2.05) is 60.8 Å². The van der Waals surface area contributed by atoms with Gasteiger partial charge in [0.2, 0.25) is 0 Å². The summed E-state index contributed by atoms with van der Waals surface area (Å²) in [5, 5.41) is 13.9. The lowest BCUT2D eigenvalue weighted by molar-refractivity contribution is -0.114. The fraction of sp³-hybridized carbons (Fsp3) is 0.265. The average molecular weight is 564 g/mol. The number of allylic oxidation sites excluding steroid dienone is 1. The van der Waals surface area contributed by atoms with Gasteiger partial charge in [0.25, 0.3) is 5.91 Å². The number of halogens is 2. The van der Waals surface area contributed by atoms with Gasteiger partial charge in [0.05, 0.1) is 16.9 Å². The van der Waals surface area contributed by atoms with E-state index in [-0.39, 0.29) is 22.7 Å². The van der Waals surface area contributed by atoms with Gasteiger partial charge in [0.15, 0.2) is 0 Å². The third-order valence-electron chi connectivity index (χ3n) is 8.56.